The Hall–Kier alpha value is -3.94. The number of nitrogens with two attached hydrogens (primary N) is 1. The molecule has 0 fully saturated rings. The van der Waals surface area contributed by atoms with Gasteiger partial charge in [0.05, 0.1) is 0 Å². The van der Waals surface area contributed by atoms with E-state index in [1.54, 1.807) is 61.5 Å². The quantitative estimate of drug-likeness (QED) is 0.586. The third kappa shape index (κ3) is 5.11. The van der Waals surface area contributed by atoms with Crippen LogP contribution in [0, 0.1) is 6.92 Å². The van der Waals surface area contributed by atoms with Crippen molar-refractivity contribution in [2.45, 2.75) is 13.5 Å². The fraction of sp³-hybridized carbons (Fsp3) is 0.0909. The largest absolute Gasteiger partial charge is 0.457 e. The van der Waals surface area contributed by atoms with Crippen LogP contribution in [0.2, 0.25) is 0 Å². The van der Waals surface area contributed by atoms with Crippen LogP contribution >= 0.6 is 0 Å². The Morgan fingerprint density at radius 3 is 2.00 bits per heavy atom. The molecule has 0 aliphatic carbocycles. The number of rotatable bonds is 7. The number of ether oxygens (including phenoxy) is 2. The first-order chi connectivity index (χ1) is 14.3. The zero-order valence-corrected chi connectivity index (χ0v) is 15.9. The van der Waals surface area contributed by atoms with E-state index in [-0.39, 0.29) is 5.75 Å². The number of hydrogen-bond acceptors (Lipinski definition) is 4. The number of carbonyl (C=O) groups is 2. The monoisotopic (exact) mass is 412 g/mol. The number of primary amides is 1. The van der Waals surface area contributed by atoms with Crippen molar-refractivity contribution in [1.29, 1.82) is 0 Å². The molecule has 154 valence electrons. The molecule has 0 spiro atoms. The van der Waals surface area contributed by atoms with E-state index in [0.29, 0.717) is 33.9 Å². The molecule has 0 aromatic heterocycles. The van der Waals surface area contributed by atoms with Crippen LogP contribution < -0.4 is 20.5 Å². The first-order valence-corrected chi connectivity index (χ1v) is 8.87. The number of carbonyl (C=O) groups excluding carboxylic acids is 2. The highest BCUT2D eigenvalue weighted by Crippen LogP contribution is 2.27. The van der Waals surface area contributed by atoms with Crippen LogP contribution in [0.15, 0.2) is 66.7 Å². The fourth-order valence-corrected chi connectivity index (χ4v) is 2.67. The molecule has 0 atom stereocenters. The van der Waals surface area contributed by atoms with Gasteiger partial charge in [-0.15, -0.1) is 0 Å². The molecule has 3 rings (SSSR count). The molecule has 0 heterocycles. The molecule has 0 unspecified atom stereocenters. The lowest BCUT2D eigenvalue weighted by molar-refractivity contribution is -0.0502. The zero-order chi connectivity index (χ0) is 21.7. The molecular weight excluding hydrogens is 394 g/mol. The topological polar surface area (TPSA) is 90.6 Å². The van der Waals surface area contributed by atoms with Crippen LogP contribution in [0.1, 0.15) is 26.3 Å². The Morgan fingerprint density at radius 2 is 1.47 bits per heavy atom. The second-order valence-electron chi connectivity index (χ2n) is 6.28. The summed E-state index contributed by atoms with van der Waals surface area (Å²) in [6.45, 7) is -1.37. The summed E-state index contributed by atoms with van der Waals surface area (Å²) in [5.41, 5.74) is 6.68. The van der Waals surface area contributed by atoms with Gasteiger partial charge in [0.15, 0.2) is 0 Å². The number of nitrogens with one attached hydrogen (secondary N) is 1. The molecule has 6 nitrogen and oxygen atoms in total. The molecule has 0 aliphatic heterocycles. The van der Waals surface area contributed by atoms with E-state index >= 15 is 0 Å². The van der Waals surface area contributed by atoms with Crippen molar-refractivity contribution in [3.05, 3.63) is 83.4 Å². The maximum atomic E-state index is 12.5. The Bertz CT molecular complexity index is 1050. The third-order valence-corrected chi connectivity index (χ3v) is 4.24. The number of hydrogen-bond donors (Lipinski definition) is 2. The predicted octanol–water partition coefficient (Wildman–Crippen LogP) is 4.74. The zero-order valence-electron chi connectivity index (χ0n) is 15.9. The Labute approximate surface area is 171 Å². The van der Waals surface area contributed by atoms with Crippen molar-refractivity contribution in [1.82, 2.24) is 0 Å². The standard InChI is InChI=1S/C22H18F2N2O4/c1-13-18(3-2-4-19(13)30-22(23)24)26-21(28)15-7-11-17(12-8-15)29-16-9-5-14(6-10-16)20(25)27/h2-12,22H,1H3,(H2,25,27)(H,26,28). The average molecular weight is 412 g/mol. The van der Waals surface area contributed by atoms with Crippen LogP contribution in [-0.2, 0) is 0 Å². The van der Waals surface area contributed by atoms with Gasteiger partial charge in [0.25, 0.3) is 5.91 Å². The molecule has 0 aliphatic rings. The lowest BCUT2D eigenvalue weighted by atomic mass is 10.1. The minimum Gasteiger partial charge on any atom is -0.457 e. The number of benzene rings is 3. The normalized spacial score (nSPS) is 10.5. The highest BCUT2D eigenvalue weighted by Gasteiger charge is 2.13. The van der Waals surface area contributed by atoms with E-state index < -0.39 is 18.4 Å². The van der Waals surface area contributed by atoms with Crippen molar-refractivity contribution in [2.75, 3.05) is 5.32 Å². The lowest BCUT2D eigenvalue weighted by Gasteiger charge is -2.13. The van der Waals surface area contributed by atoms with Crippen LogP contribution in [-0.4, -0.2) is 18.4 Å². The molecule has 0 saturated heterocycles. The highest BCUT2D eigenvalue weighted by atomic mass is 19.3. The second kappa shape index (κ2) is 9.04. The second-order valence-corrected chi connectivity index (χ2v) is 6.28. The Kier molecular flexibility index (Phi) is 6.26. The van der Waals surface area contributed by atoms with Crippen LogP contribution in [0.5, 0.6) is 17.2 Å². The van der Waals surface area contributed by atoms with Gasteiger partial charge in [-0.3, -0.25) is 9.59 Å². The molecule has 30 heavy (non-hydrogen) atoms. The molecule has 3 aromatic carbocycles. The van der Waals surface area contributed by atoms with Gasteiger partial charge in [-0.05, 0) is 67.6 Å². The molecule has 8 heteroatoms. The summed E-state index contributed by atoms with van der Waals surface area (Å²) >= 11 is 0. The van der Waals surface area contributed by atoms with Gasteiger partial charge < -0.3 is 20.5 Å². The first-order valence-electron chi connectivity index (χ1n) is 8.87. The molecule has 3 aromatic rings. The van der Waals surface area contributed by atoms with Crippen molar-refractivity contribution < 1.29 is 27.8 Å². The number of halogens is 2. The summed E-state index contributed by atoms with van der Waals surface area (Å²) in [6.07, 6.45) is 0. The summed E-state index contributed by atoms with van der Waals surface area (Å²) in [5.74, 6) is 0.0441. The van der Waals surface area contributed by atoms with Crippen LogP contribution in [0.4, 0.5) is 14.5 Å². The van der Waals surface area contributed by atoms with Crippen LogP contribution in [0.3, 0.4) is 0 Å². The smallest absolute Gasteiger partial charge is 0.387 e. The van der Waals surface area contributed by atoms with E-state index in [4.69, 9.17) is 10.5 Å². The maximum absolute atomic E-state index is 12.5. The Morgan fingerprint density at radius 1 is 0.900 bits per heavy atom. The minimum absolute atomic E-state index is 0.00565. The van der Waals surface area contributed by atoms with Crippen molar-refractivity contribution >= 4 is 17.5 Å². The first kappa shape index (κ1) is 20.8. The molecule has 0 radical (unpaired) electrons. The fourth-order valence-electron chi connectivity index (χ4n) is 2.67. The van der Waals surface area contributed by atoms with Crippen molar-refractivity contribution in [3.63, 3.8) is 0 Å². The number of amides is 2. The summed E-state index contributed by atoms with van der Waals surface area (Å²) in [4.78, 5) is 23.6. The molecule has 3 N–H and O–H groups in total. The van der Waals surface area contributed by atoms with Gasteiger partial charge in [0.1, 0.15) is 17.2 Å². The van der Waals surface area contributed by atoms with E-state index in [0.717, 1.165) is 0 Å². The van der Waals surface area contributed by atoms with Gasteiger partial charge in [-0.25, -0.2) is 0 Å². The van der Waals surface area contributed by atoms with Gasteiger partial charge in [-0.1, -0.05) is 6.07 Å². The Balaban J connectivity index is 1.67. The van der Waals surface area contributed by atoms with E-state index in [2.05, 4.69) is 10.1 Å². The highest BCUT2D eigenvalue weighted by molar-refractivity contribution is 6.04. The van der Waals surface area contributed by atoms with Gasteiger partial charge in [0, 0.05) is 22.4 Å². The minimum atomic E-state index is -2.95. The van der Waals surface area contributed by atoms with Crippen molar-refractivity contribution in [2.24, 2.45) is 5.73 Å². The summed E-state index contributed by atoms with van der Waals surface area (Å²) in [7, 11) is 0. The summed E-state index contributed by atoms with van der Waals surface area (Å²) < 4.78 is 35.0. The predicted molar refractivity (Wildman–Crippen MR) is 107 cm³/mol. The van der Waals surface area contributed by atoms with Gasteiger partial charge in [0.2, 0.25) is 5.91 Å². The maximum Gasteiger partial charge on any atom is 0.387 e. The summed E-state index contributed by atoms with van der Waals surface area (Å²) in [5, 5.41) is 2.68. The lowest BCUT2D eigenvalue weighted by Crippen LogP contribution is -2.13. The summed E-state index contributed by atoms with van der Waals surface area (Å²) in [6, 6.07) is 17.2. The molecule has 0 saturated carbocycles. The third-order valence-electron chi connectivity index (χ3n) is 4.24. The van der Waals surface area contributed by atoms with Gasteiger partial charge >= 0.3 is 6.61 Å². The molecule has 2 amide bonds. The van der Waals surface area contributed by atoms with Gasteiger partial charge in [-0.2, -0.15) is 8.78 Å². The molecular formula is C22H18F2N2O4. The van der Waals surface area contributed by atoms with E-state index in [9.17, 15) is 18.4 Å². The van der Waals surface area contributed by atoms with Crippen LogP contribution in [0.25, 0.3) is 0 Å². The average Bonchev–Trinajstić information content (AvgIpc) is 2.71. The van der Waals surface area contributed by atoms with Crippen molar-refractivity contribution in [3.8, 4) is 17.2 Å². The van der Waals surface area contributed by atoms with E-state index in [1.807, 2.05) is 0 Å². The SMILES string of the molecule is Cc1c(NC(=O)c2ccc(Oc3ccc(C(N)=O)cc3)cc2)cccc1OC(F)F. The number of anilines is 1. The number of alkyl halides is 2. The molecule has 0 bridgehead atoms. The van der Waals surface area contributed by atoms with E-state index in [1.165, 1.54) is 12.1 Å².